The third-order valence-electron chi connectivity index (χ3n) is 3.63. The number of nitrogens with one attached hydrogen (secondary N) is 1. The van der Waals surface area contributed by atoms with Crippen molar-refractivity contribution in [2.45, 2.75) is 44.7 Å². The number of hydrogen-bond donors (Lipinski definition) is 2. The highest BCUT2D eigenvalue weighted by atomic mass is 32.2. The summed E-state index contributed by atoms with van der Waals surface area (Å²) in [6.07, 6.45) is 2.36. The van der Waals surface area contributed by atoms with Crippen LogP contribution in [-0.2, 0) is 19.6 Å². The summed E-state index contributed by atoms with van der Waals surface area (Å²) in [5.41, 5.74) is 5.76. The van der Waals surface area contributed by atoms with Crippen LogP contribution in [0.5, 0.6) is 0 Å². The minimum Gasteiger partial charge on any atom is -0.385 e. The van der Waals surface area contributed by atoms with Crippen LogP contribution in [-0.4, -0.2) is 63.3 Å². The summed E-state index contributed by atoms with van der Waals surface area (Å²) in [7, 11) is -1.57. The predicted octanol–water partition coefficient (Wildman–Crippen LogP) is -0.329. The van der Waals surface area contributed by atoms with Crippen molar-refractivity contribution < 1.29 is 17.9 Å². The summed E-state index contributed by atoms with van der Waals surface area (Å²) in [4.78, 5) is 11.9. The van der Waals surface area contributed by atoms with E-state index in [9.17, 15) is 13.2 Å². The maximum Gasteiger partial charge on any atom is 0.237 e. The molecule has 1 unspecified atom stereocenters. The van der Waals surface area contributed by atoms with E-state index in [4.69, 9.17) is 10.5 Å². The van der Waals surface area contributed by atoms with Crippen molar-refractivity contribution in [1.82, 2.24) is 9.62 Å². The summed E-state index contributed by atoms with van der Waals surface area (Å²) >= 11 is 0. The molecule has 7 nitrogen and oxygen atoms in total. The van der Waals surface area contributed by atoms with Gasteiger partial charge in [0.05, 0.1) is 11.8 Å². The summed E-state index contributed by atoms with van der Waals surface area (Å²) in [6, 6.07) is -0.578. The Balaban J connectivity index is 2.38. The highest BCUT2D eigenvalue weighted by Gasteiger charge is 2.28. The third kappa shape index (κ3) is 5.90. The van der Waals surface area contributed by atoms with Gasteiger partial charge in [-0.3, -0.25) is 4.79 Å². The van der Waals surface area contributed by atoms with Crippen molar-refractivity contribution in [2.24, 2.45) is 5.73 Å². The Hall–Kier alpha value is -0.700. The molecule has 21 heavy (non-hydrogen) atoms. The zero-order valence-corrected chi connectivity index (χ0v) is 13.7. The van der Waals surface area contributed by atoms with E-state index < -0.39 is 16.1 Å². The largest absolute Gasteiger partial charge is 0.385 e. The van der Waals surface area contributed by atoms with Crippen molar-refractivity contribution in [3.05, 3.63) is 0 Å². The van der Waals surface area contributed by atoms with E-state index in [1.54, 1.807) is 7.11 Å². The Morgan fingerprint density at radius 3 is 2.57 bits per heavy atom. The predicted molar refractivity (Wildman–Crippen MR) is 81.3 cm³/mol. The van der Waals surface area contributed by atoms with E-state index in [0.29, 0.717) is 45.4 Å². The lowest BCUT2D eigenvalue weighted by molar-refractivity contribution is -0.123. The Morgan fingerprint density at radius 1 is 1.43 bits per heavy atom. The molecule has 1 atom stereocenters. The molecule has 0 aromatic heterocycles. The molecule has 1 amide bonds. The lowest BCUT2D eigenvalue weighted by Gasteiger charge is -2.32. The van der Waals surface area contributed by atoms with Crippen LogP contribution in [0.15, 0.2) is 0 Å². The lowest BCUT2D eigenvalue weighted by atomic mass is 10.1. The number of ether oxygens (including phenoxy) is 1. The molecular formula is C13H27N3O4S. The number of hydrogen-bond acceptors (Lipinski definition) is 5. The van der Waals surface area contributed by atoms with Gasteiger partial charge in [0.2, 0.25) is 15.9 Å². The van der Waals surface area contributed by atoms with Crippen molar-refractivity contribution in [3.63, 3.8) is 0 Å². The standard InChI is InChI=1S/C13H27N3O4S/c1-3-10-21(18,19)16-7-4-11(5-8-16)15-13(17)12(14)6-9-20-2/h11-12H,3-10,14H2,1-2H3,(H,15,17). The smallest absolute Gasteiger partial charge is 0.237 e. The second-order valence-corrected chi connectivity index (χ2v) is 7.47. The van der Waals surface area contributed by atoms with E-state index >= 15 is 0 Å². The van der Waals surface area contributed by atoms with Crippen LogP contribution in [0.1, 0.15) is 32.6 Å². The zero-order chi connectivity index (χ0) is 15.9. The summed E-state index contributed by atoms with van der Waals surface area (Å²) in [6.45, 7) is 3.22. The Labute approximate surface area is 127 Å². The average molecular weight is 321 g/mol. The van der Waals surface area contributed by atoms with Gasteiger partial charge in [0.1, 0.15) is 0 Å². The molecule has 8 heteroatoms. The van der Waals surface area contributed by atoms with Gasteiger partial charge in [-0.15, -0.1) is 0 Å². The van der Waals surface area contributed by atoms with Crippen LogP contribution < -0.4 is 11.1 Å². The monoisotopic (exact) mass is 321 g/mol. The van der Waals surface area contributed by atoms with E-state index in [1.807, 2.05) is 6.92 Å². The summed E-state index contributed by atoms with van der Waals surface area (Å²) < 4.78 is 30.3. The van der Waals surface area contributed by atoms with E-state index in [-0.39, 0.29) is 17.7 Å². The summed E-state index contributed by atoms with van der Waals surface area (Å²) in [5, 5.41) is 2.89. The highest BCUT2D eigenvalue weighted by molar-refractivity contribution is 7.89. The Kier molecular flexibility index (Phi) is 7.58. The zero-order valence-electron chi connectivity index (χ0n) is 12.9. The first-order valence-corrected chi connectivity index (χ1v) is 9.04. The van der Waals surface area contributed by atoms with E-state index in [0.717, 1.165) is 0 Å². The molecular weight excluding hydrogens is 294 g/mol. The maximum absolute atomic E-state index is 11.9. The van der Waals surface area contributed by atoms with Crippen LogP contribution in [0.25, 0.3) is 0 Å². The molecule has 1 fully saturated rings. The number of nitrogens with two attached hydrogens (primary N) is 1. The molecule has 1 saturated heterocycles. The third-order valence-corrected chi connectivity index (χ3v) is 5.70. The number of carbonyl (C=O) groups excluding carboxylic acids is 1. The first-order chi connectivity index (χ1) is 9.90. The number of methoxy groups -OCH3 is 1. The first kappa shape index (κ1) is 18.3. The minimum atomic E-state index is -3.13. The molecule has 124 valence electrons. The Morgan fingerprint density at radius 2 is 2.05 bits per heavy atom. The fourth-order valence-corrected chi connectivity index (χ4v) is 3.89. The molecule has 3 N–H and O–H groups in total. The minimum absolute atomic E-state index is 0.000767. The lowest BCUT2D eigenvalue weighted by Crippen LogP contribution is -2.50. The van der Waals surface area contributed by atoms with Crippen molar-refractivity contribution in [2.75, 3.05) is 32.6 Å². The molecule has 1 aliphatic rings. The van der Waals surface area contributed by atoms with Crippen molar-refractivity contribution in [1.29, 1.82) is 0 Å². The SMILES string of the molecule is CCCS(=O)(=O)N1CCC(NC(=O)C(N)CCOC)CC1. The van der Waals surface area contributed by atoms with Crippen LogP contribution in [0.4, 0.5) is 0 Å². The molecule has 1 aliphatic heterocycles. The van der Waals surface area contributed by atoms with Crippen LogP contribution in [0.3, 0.4) is 0 Å². The van der Waals surface area contributed by atoms with E-state index in [1.165, 1.54) is 4.31 Å². The number of amides is 1. The number of sulfonamides is 1. The van der Waals surface area contributed by atoms with Crippen molar-refractivity contribution in [3.8, 4) is 0 Å². The van der Waals surface area contributed by atoms with Gasteiger partial charge in [0.25, 0.3) is 0 Å². The van der Waals surface area contributed by atoms with Crippen LogP contribution in [0, 0.1) is 0 Å². The van der Waals surface area contributed by atoms with Gasteiger partial charge < -0.3 is 15.8 Å². The number of piperidine rings is 1. The molecule has 1 heterocycles. The van der Waals surface area contributed by atoms with Gasteiger partial charge >= 0.3 is 0 Å². The molecule has 0 radical (unpaired) electrons. The van der Waals surface area contributed by atoms with Gasteiger partial charge in [-0.2, -0.15) is 0 Å². The number of carbonyl (C=O) groups is 1. The normalized spacial score (nSPS) is 19.4. The van der Waals surface area contributed by atoms with Crippen molar-refractivity contribution >= 4 is 15.9 Å². The second kappa shape index (κ2) is 8.67. The average Bonchev–Trinajstić information content (AvgIpc) is 2.45. The number of nitrogens with zero attached hydrogens (tertiary/aromatic N) is 1. The van der Waals surface area contributed by atoms with Gasteiger partial charge in [-0.05, 0) is 25.7 Å². The maximum atomic E-state index is 11.9. The molecule has 0 aromatic rings. The quantitative estimate of drug-likeness (QED) is 0.637. The van der Waals surface area contributed by atoms with Gasteiger partial charge in [0, 0.05) is 32.8 Å². The van der Waals surface area contributed by atoms with Gasteiger partial charge in [-0.1, -0.05) is 6.92 Å². The van der Waals surface area contributed by atoms with Gasteiger partial charge in [-0.25, -0.2) is 12.7 Å². The van der Waals surface area contributed by atoms with Crippen LogP contribution >= 0.6 is 0 Å². The second-order valence-electron chi connectivity index (χ2n) is 5.39. The molecule has 0 spiro atoms. The van der Waals surface area contributed by atoms with E-state index in [2.05, 4.69) is 5.32 Å². The number of rotatable bonds is 8. The fourth-order valence-electron chi connectivity index (χ4n) is 2.35. The molecule has 0 saturated carbocycles. The molecule has 0 bridgehead atoms. The van der Waals surface area contributed by atoms with Gasteiger partial charge in [0.15, 0.2) is 0 Å². The summed E-state index contributed by atoms with van der Waals surface area (Å²) in [5.74, 6) is -0.00624. The van der Waals surface area contributed by atoms with Crippen LogP contribution in [0.2, 0.25) is 0 Å². The first-order valence-electron chi connectivity index (χ1n) is 7.43. The Bertz CT molecular complexity index is 419. The molecule has 0 aliphatic carbocycles. The molecule has 0 aromatic carbocycles. The highest BCUT2D eigenvalue weighted by Crippen LogP contribution is 2.15. The molecule has 1 rings (SSSR count). The topological polar surface area (TPSA) is 102 Å². The fraction of sp³-hybridized carbons (Fsp3) is 0.923.